The number of pyridine rings is 1. The quantitative estimate of drug-likeness (QED) is 0.658. The van der Waals surface area contributed by atoms with Gasteiger partial charge in [-0.3, -0.25) is 4.79 Å². The largest absolute Gasteiger partial charge is 0.378 e. The zero-order valence-electron chi connectivity index (χ0n) is 15.8. The molecule has 7 heteroatoms. The van der Waals surface area contributed by atoms with Crippen LogP contribution in [0.2, 0.25) is 0 Å². The van der Waals surface area contributed by atoms with E-state index in [9.17, 15) is 4.79 Å². The van der Waals surface area contributed by atoms with Crippen molar-refractivity contribution in [2.24, 2.45) is 0 Å². The Balaban J connectivity index is 1.47. The molecule has 0 radical (unpaired) electrons. The molecule has 1 aliphatic heterocycles. The lowest BCUT2D eigenvalue weighted by Crippen LogP contribution is -2.38. The first-order valence-corrected chi connectivity index (χ1v) is 10.2. The topological polar surface area (TPSA) is 59.4 Å². The maximum absolute atomic E-state index is 12.7. The van der Waals surface area contributed by atoms with Gasteiger partial charge < -0.3 is 19.5 Å². The predicted molar refractivity (Wildman–Crippen MR) is 113 cm³/mol. The summed E-state index contributed by atoms with van der Waals surface area (Å²) in [6.45, 7) is 5.81. The fourth-order valence-electron chi connectivity index (χ4n) is 3.61. The third kappa shape index (κ3) is 3.77. The molecule has 1 N–H and O–H groups in total. The van der Waals surface area contributed by atoms with Crippen molar-refractivity contribution in [2.45, 2.75) is 20.0 Å². The van der Waals surface area contributed by atoms with Crippen LogP contribution in [-0.2, 0) is 22.6 Å². The summed E-state index contributed by atoms with van der Waals surface area (Å²) in [7, 11) is 0. The number of halogens is 1. The van der Waals surface area contributed by atoms with Gasteiger partial charge in [-0.25, -0.2) is 4.98 Å². The number of anilines is 1. The van der Waals surface area contributed by atoms with Crippen LogP contribution in [-0.4, -0.2) is 41.8 Å². The van der Waals surface area contributed by atoms with Crippen LogP contribution in [0.15, 0.2) is 47.1 Å². The number of hydrogen-bond acceptors (Lipinski definition) is 4. The SMILES string of the molecule is Cc1c(Br)c2ccccc2n1CC(=O)NCc1cccnc1N1CCOCC1. The van der Waals surface area contributed by atoms with Gasteiger partial charge in [-0.05, 0) is 35.0 Å². The molecule has 1 fully saturated rings. The summed E-state index contributed by atoms with van der Waals surface area (Å²) in [4.78, 5) is 19.4. The summed E-state index contributed by atoms with van der Waals surface area (Å²) in [6, 6.07) is 12.0. The number of morpholine rings is 1. The highest BCUT2D eigenvalue weighted by Crippen LogP contribution is 2.30. The lowest BCUT2D eigenvalue weighted by atomic mass is 10.2. The van der Waals surface area contributed by atoms with E-state index in [0.717, 1.165) is 45.5 Å². The van der Waals surface area contributed by atoms with Gasteiger partial charge in [0.25, 0.3) is 0 Å². The van der Waals surface area contributed by atoms with Gasteiger partial charge in [-0.1, -0.05) is 24.3 Å². The number of hydrogen-bond donors (Lipinski definition) is 1. The zero-order valence-corrected chi connectivity index (χ0v) is 17.4. The number of carbonyl (C=O) groups is 1. The highest BCUT2D eigenvalue weighted by molar-refractivity contribution is 9.10. The van der Waals surface area contributed by atoms with Crippen LogP contribution in [0.1, 0.15) is 11.3 Å². The monoisotopic (exact) mass is 442 g/mol. The average Bonchev–Trinajstić information content (AvgIpc) is 2.98. The number of fused-ring (bicyclic) bond motifs is 1. The van der Waals surface area contributed by atoms with Crippen LogP contribution in [0.5, 0.6) is 0 Å². The van der Waals surface area contributed by atoms with E-state index in [2.05, 4.69) is 37.2 Å². The molecule has 28 heavy (non-hydrogen) atoms. The molecule has 0 atom stereocenters. The van der Waals surface area contributed by atoms with Crippen LogP contribution < -0.4 is 10.2 Å². The van der Waals surface area contributed by atoms with Gasteiger partial charge in [0.05, 0.1) is 13.2 Å². The maximum atomic E-state index is 12.7. The molecule has 0 unspecified atom stereocenters. The van der Waals surface area contributed by atoms with Crippen molar-refractivity contribution in [1.82, 2.24) is 14.9 Å². The van der Waals surface area contributed by atoms with E-state index in [1.54, 1.807) is 6.20 Å². The molecule has 1 amide bonds. The van der Waals surface area contributed by atoms with Crippen molar-refractivity contribution in [3.63, 3.8) is 0 Å². The third-order valence-corrected chi connectivity index (χ3v) is 6.11. The second-order valence-corrected chi connectivity index (χ2v) is 7.66. The number of carbonyl (C=O) groups excluding carboxylic acids is 1. The normalized spacial score (nSPS) is 14.4. The van der Waals surface area contributed by atoms with Crippen LogP contribution in [0, 0.1) is 6.92 Å². The Morgan fingerprint density at radius 2 is 2.00 bits per heavy atom. The number of para-hydroxylation sites is 1. The summed E-state index contributed by atoms with van der Waals surface area (Å²) in [5.74, 6) is 0.907. The van der Waals surface area contributed by atoms with Gasteiger partial charge in [0.2, 0.25) is 5.91 Å². The first-order valence-electron chi connectivity index (χ1n) is 9.42. The highest BCUT2D eigenvalue weighted by atomic mass is 79.9. The first kappa shape index (κ1) is 19.0. The molecule has 6 nitrogen and oxygen atoms in total. The van der Waals surface area contributed by atoms with Crippen molar-refractivity contribution >= 4 is 38.6 Å². The Kier molecular flexibility index (Phi) is 5.64. The Morgan fingerprint density at radius 3 is 2.82 bits per heavy atom. The number of aromatic nitrogens is 2. The molecular weight excluding hydrogens is 420 g/mol. The van der Waals surface area contributed by atoms with Gasteiger partial charge in [-0.15, -0.1) is 0 Å². The molecule has 1 saturated heterocycles. The number of rotatable bonds is 5. The lowest BCUT2D eigenvalue weighted by molar-refractivity contribution is -0.121. The van der Waals surface area contributed by atoms with Crippen LogP contribution >= 0.6 is 15.9 Å². The van der Waals surface area contributed by atoms with E-state index < -0.39 is 0 Å². The Morgan fingerprint density at radius 1 is 1.21 bits per heavy atom. The predicted octanol–water partition coefficient (Wildman–Crippen LogP) is 3.26. The first-order chi connectivity index (χ1) is 13.6. The maximum Gasteiger partial charge on any atom is 0.240 e. The van der Waals surface area contributed by atoms with Crippen LogP contribution in [0.25, 0.3) is 10.9 Å². The number of nitrogens with one attached hydrogen (secondary N) is 1. The number of nitrogens with zero attached hydrogens (tertiary/aromatic N) is 3. The van der Waals surface area contributed by atoms with Crippen molar-refractivity contribution in [3.8, 4) is 0 Å². The second kappa shape index (κ2) is 8.32. The minimum atomic E-state index is -0.0202. The average molecular weight is 443 g/mol. The van der Waals surface area contributed by atoms with Gasteiger partial charge >= 0.3 is 0 Å². The van der Waals surface area contributed by atoms with E-state index >= 15 is 0 Å². The molecule has 0 saturated carbocycles. The summed E-state index contributed by atoms with van der Waals surface area (Å²) in [5, 5.41) is 4.18. The smallest absolute Gasteiger partial charge is 0.240 e. The van der Waals surface area contributed by atoms with Gasteiger partial charge in [-0.2, -0.15) is 0 Å². The molecule has 1 aromatic carbocycles. The minimum Gasteiger partial charge on any atom is -0.378 e. The molecular formula is C21H23BrN4O2. The second-order valence-electron chi connectivity index (χ2n) is 6.86. The van der Waals surface area contributed by atoms with Crippen molar-refractivity contribution in [3.05, 3.63) is 58.3 Å². The fraction of sp³-hybridized carbons (Fsp3) is 0.333. The molecule has 1 aliphatic rings. The number of amides is 1. The van der Waals surface area contributed by atoms with Crippen molar-refractivity contribution in [1.29, 1.82) is 0 Å². The highest BCUT2D eigenvalue weighted by Gasteiger charge is 2.17. The third-order valence-electron chi connectivity index (χ3n) is 5.11. The Bertz CT molecular complexity index is 995. The Labute approximate surface area is 172 Å². The molecule has 0 spiro atoms. The molecule has 4 rings (SSSR count). The zero-order chi connectivity index (χ0) is 19.5. The van der Waals surface area contributed by atoms with Crippen LogP contribution in [0.3, 0.4) is 0 Å². The van der Waals surface area contributed by atoms with Crippen molar-refractivity contribution in [2.75, 3.05) is 31.2 Å². The molecule has 0 aliphatic carbocycles. The summed E-state index contributed by atoms with van der Waals surface area (Å²) in [6.07, 6.45) is 1.79. The van der Waals surface area contributed by atoms with E-state index in [0.29, 0.717) is 19.8 Å². The lowest BCUT2D eigenvalue weighted by Gasteiger charge is -2.29. The van der Waals surface area contributed by atoms with Gasteiger partial charge in [0.15, 0.2) is 0 Å². The number of ether oxygens (including phenoxy) is 1. The van der Waals surface area contributed by atoms with E-state index in [-0.39, 0.29) is 12.5 Å². The standard InChI is InChI=1S/C21H23BrN4O2/c1-15-20(22)17-6-2-3-7-18(17)26(15)14-19(27)24-13-16-5-4-8-23-21(16)25-9-11-28-12-10-25/h2-8H,9-14H2,1H3,(H,24,27). The molecule has 3 aromatic rings. The van der Waals surface area contributed by atoms with Gasteiger partial charge in [0.1, 0.15) is 12.4 Å². The van der Waals surface area contributed by atoms with E-state index in [4.69, 9.17) is 4.74 Å². The Hall–Kier alpha value is -2.38. The van der Waals surface area contributed by atoms with E-state index in [1.165, 1.54) is 0 Å². The summed E-state index contributed by atoms with van der Waals surface area (Å²) >= 11 is 3.64. The molecule has 0 bridgehead atoms. The number of benzene rings is 1. The summed E-state index contributed by atoms with van der Waals surface area (Å²) < 4.78 is 8.51. The molecule has 146 valence electrons. The van der Waals surface area contributed by atoms with Gasteiger partial charge in [0, 0.05) is 52.5 Å². The molecule has 3 heterocycles. The van der Waals surface area contributed by atoms with Crippen LogP contribution in [0.4, 0.5) is 5.82 Å². The summed E-state index contributed by atoms with van der Waals surface area (Å²) in [5.41, 5.74) is 3.12. The van der Waals surface area contributed by atoms with Crippen molar-refractivity contribution < 1.29 is 9.53 Å². The fourth-order valence-corrected chi connectivity index (χ4v) is 4.16. The van der Waals surface area contributed by atoms with E-state index in [1.807, 2.05) is 41.8 Å². The minimum absolute atomic E-state index is 0.0202. The molecule has 2 aromatic heterocycles.